The molecule has 0 spiro atoms. The molecule has 0 fully saturated rings. The van der Waals surface area contributed by atoms with E-state index in [4.69, 9.17) is 9.15 Å². The maximum atomic E-state index is 5.59. The smallest absolute Gasteiger partial charge is 0.226 e. The maximum absolute atomic E-state index is 5.59. The fourth-order valence-electron chi connectivity index (χ4n) is 1.64. The second-order valence-corrected chi connectivity index (χ2v) is 4.05. The molecule has 1 heterocycles. The van der Waals surface area contributed by atoms with Crippen LogP contribution in [0.1, 0.15) is 19.0 Å². The summed E-state index contributed by atoms with van der Waals surface area (Å²) in [6.45, 7) is 3.51. The lowest BCUT2D eigenvalue weighted by molar-refractivity contribution is 0.317. The monoisotopic (exact) mass is 246 g/mol. The quantitative estimate of drug-likeness (QED) is 0.851. The van der Waals surface area contributed by atoms with Crippen molar-refractivity contribution in [1.29, 1.82) is 0 Å². The van der Waals surface area contributed by atoms with Gasteiger partial charge >= 0.3 is 0 Å². The average molecular weight is 246 g/mol. The fraction of sp³-hybridized carbons (Fsp3) is 0.357. The van der Waals surface area contributed by atoms with Crippen molar-refractivity contribution in [3.63, 3.8) is 0 Å². The largest absolute Gasteiger partial charge is 0.494 e. The van der Waals surface area contributed by atoms with E-state index in [1.165, 1.54) is 0 Å². The van der Waals surface area contributed by atoms with Crippen molar-refractivity contribution in [2.24, 2.45) is 0 Å². The molecule has 18 heavy (non-hydrogen) atoms. The third kappa shape index (κ3) is 3.11. The van der Waals surface area contributed by atoms with Crippen LogP contribution < -0.4 is 10.1 Å². The van der Waals surface area contributed by atoms with Gasteiger partial charge in [-0.25, -0.2) is 4.98 Å². The van der Waals surface area contributed by atoms with E-state index in [-0.39, 0.29) is 0 Å². The zero-order chi connectivity index (χ0) is 12.8. The first-order valence-electron chi connectivity index (χ1n) is 6.15. The van der Waals surface area contributed by atoms with E-state index in [1.54, 1.807) is 6.26 Å². The molecule has 1 aromatic heterocycles. The van der Waals surface area contributed by atoms with Gasteiger partial charge in [0.1, 0.15) is 12.0 Å². The van der Waals surface area contributed by atoms with Crippen LogP contribution in [-0.2, 0) is 6.54 Å². The van der Waals surface area contributed by atoms with Gasteiger partial charge in [0.05, 0.1) is 12.3 Å². The van der Waals surface area contributed by atoms with Gasteiger partial charge < -0.3 is 14.5 Å². The molecule has 96 valence electrons. The van der Waals surface area contributed by atoms with Gasteiger partial charge in [-0.15, -0.1) is 0 Å². The van der Waals surface area contributed by atoms with Gasteiger partial charge in [-0.3, -0.25) is 0 Å². The van der Waals surface area contributed by atoms with Crippen LogP contribution in [0.15, 0.2) is 34.9 Å². The summed E-state index contributed by atoms with van der Waals surface area (Å²) in [6, 6.07) is 7.80. The highest BCUT2D eigenvalue weighted by molar-refractivity contribution is 5.55. The summed E-state index contributed by atoms with van der Waals surface area (Å²) in [5.74, 6) is 1.48. The topological polar surface area (TPSA) is 47.3 Å². The summed E-state index contributed by atoms with van der Waals surface area (Å²) in [4.78, 5) is 4.41. The molecule has 4 heteroatoms. The van der Waals surface area contributed by atoms with Crippen LogP contribution >= 0.6 is 0 Å². The van der Waals surface area contributed by atoms with Crippen LogP contribution in [0.4, 0.5) is 0 Å². The number of aromatic nitrogens is 1. The van der Waals surface area contributed by atoms with E-state index in [0.717, 1.165) is 30.0 Å². The summed E-state index contributed by atoms with van der Waals surface area (Å²) in [6.07, 6.45) is 2.67. The molecule has 0 atom stereocenters. The fourth-order valence-corrected chi connectivity index (χ4v) is 1.64. The molecule has 0 saturated heterocycles. The molecule has 0 amide bonds. The molecule has 0 saturated carbocycles. The van der Waals surface area contributed by atoms with Crippen molar-refractivity contribution < 1.29 is 9.15 Å². The van der Waals surface area contributed by atoms with Gasteiger partial charge in [-0.05, 0) is 31.7 Å². The molecule has 1 N–H and O–H groups in total. The minimum atomic E-state index is 0.627. The Hall–Kier alpha value is -1.81. The molecule has 0 unspecified atom stereocenters. The standard InChI is InChI=1S/C14H18N2O2/c1-3-7-17-13-6-4-5-11(8-13)14-16-12(9-15-2)10-18-14/h4-6,8,10,15H,3,7,9H2,1-2H3. The Kier molecular flexibility index (Phi) is 4.36. The predicted octanol–water partition coefficient (Wildman–Crippen LogP) is 2.85. The molecule has 2 aromatic rings. The summed E-state index contributed by atoms with van der Waals surface area (Å²) < 4.78 is 11.0. The Balaban J connectivity index is 2.15. The van der Waals surface area contributed by atoms with Gasteiger partial charge in [0, 0.05) is 12.1 Å². The molecule has 0 aliphatic rings. The number of nitrogens with one attached hydrogen (secondary N) is 1. The van der Waals surface area contributed by atoms with Gasteiger partial charge in [0.15, 0.2) is 0 Å². The van der Waals surface area contributed by atoms with Crippen LogP contribution in [0.25, 0.3) is 11.5 Å². The minimum Gasteiger partial charge on any atom is -0.494 e. The van der Waals surface area contributed by atoms with Gasteiger partial charge in [-0.1, -0.05) is 13.0 Å². The summed E-state index contributed by atoms with van der Waals surface area (Å²) in [5, 5.41) is 3.04. The van der Waals surface area contributed by atoms with Crippen LogP contribution in [0, 0.1) is 0 Å². The van der Waals surface area contributed by atoms with Crippen molar-refractivity contribution in [2.75, 3.05) is 13.7 Å². The zero-order valence-corrected chi connectivity index (χ0v) is 10.8. The van der Waals surface area contributed by atoms with Gasteiger partial charge in [0.25, 0.3) is 0 Å². The number of hydrogen-bond donors (Lipinski definition) is 1. The molecule has 4 nitrogen and oxygen atoms in total. The van der Waals surface area contributed by atoms with Crippen molar-refractivity contribution >= 4 is 0 Å². The predicted molar refractivity (Wildman–Crippen MR) is 70.5 cm³/mol. The molecule has 0 radical (unpaired) electrons. The lowest BCUT2D eigenvalue weighted by atomic mass is 10.2. The van der Waals surface area contributed by atoms with Crippen LogP contribution in [0.2, 0.25) is 0 Å². The number of benzene rings is 1. The Morgan fingerprint density at radius 1 is 1.39 bits per heavy atom. The number of hydrogen-bond acceptors (Lipinski definition) is 4. The van der Waals surface area contributed by atoms with Gasteiger partial charge in [0.2, 0.25) is 5.89 Å². The van der Waals surface area contributed by atoms with Crippen LogP contribution in [0.5, 0.6) is 5.75 Å². The first kappa shape index (κ1) is 12.6. The molecular formula is C14H18N2O2. The highest BCUT2D eigenvalue weighted by Gasteiger charge is 2.07. The normalized spacial score (nSPS) is 10.6. The Morgan fingerprint density at radius 3 is 3.06 bits per heavy atom. The van der Waals surface area contributed by atoms with Crippen molar-refractivity contribution in [3.05, 3.63) is 36.2 Å². The van der Waals surface area contributed by atoms with Gasteiger partial charge in [-0.2, -0.15) is 0 Å². The van der Waals surface area contributed by atoms with Crippen LogP contribution in [-0.4, -0.2) is 18.6 Å². The molecule has 0 aliphatic carbocycles. The van der Waals surface area contributed by atoms with E-state index >= 15 is 0 Å². The number of nitrogens with zero attached hydrogens (tertiary/aromatic N) is 1. The van der Waals surface area contributed by atoms with Crippen molar-refractivity contribution in [3.8, 4) is 17.2 Å². The summed E-state index contributed by atoms with van der Waals surface area (Å²) in [7, 11) is 1.88. The third-order valence-electron chi connectivity index (χ3n) is 2.46. The minimum absolute atomic E-state index is 0.627. The maximum Gasteiger partial charge on any atom is 0.226 e. The van der Waals surface area contributed by atoms with E-state index in [0.29, 0.717) is 12.4 Å². The Morgan fingerprint density at radius 2 is 2.28 bits per heavy atom. The summed E-state index contributed by atoms with van der Waals surface area (Å²) >= 11 is 0. The van der Waals surface area contributed by atoms with E-state index in [9.17, 15) is 0 Å². The average Bonchev–Trinajstić information content (AvgIpc) is 2.86. The Bertz CT molecular complexity index is 494. The zero-order valence-electron chi connectivity index (χ0n) is 10.8. The number of ether oxygens (including phenoxy) is 1. The number of oxazole rings is 1. The second kappa shape index (κ2) is 6.21. The lowest BCUT2D eigenvalue weighted by Crippen LogP contribution is -2.04. The van der Waals surface area contributed by atoms with E-state index in [2.05, 4.69) is 17.2 Å². The van der Waals surface area contributed by atoms with Crippen molar-refractivity contribution in [1.82, 2.24) is 10.3 Å². The molecular weight excluding hydrogens is 228 g/mol. The first-order valence-corrected chi connectivity index (χ1v) is 6.15. The lowest BCUT2D eigenvalue weighted by Gasteiger charge is -2.04. The highest BCUT2D eigenvalue weighted by atomic mass is 16.5. The van der Waals surface area contributed by atoms with Crippen LogP contribution in [0.3, 0.4) is 0 Å². The molecule has 1 aromatic carbocycles. The molecule has 0 aliphatic heterocycles. The SMILES string of the molecule is CCCOc1cccc(-c2nc(CNC)co2)c1. The van der Waals surface area contributed by atoms with E-state index in [1.807, 2.05) is 31.3 Å². The molecule has 2 rings (SSSR count). The van der Waals surface area contributed by atoms with E-state index < -0.39 is 0 Å². The molecule has 0 bridgehead atoms. The summed E-state index contributed by atoms with van der Waals surface area (Å²) in [5.41, 5.74) is 1.83. The first-order chi connectivity index (χ1) is 8.83. The second-order valence-electron chi connectivity index (χ2n) is 4.05. The Labute approximate surface area is 107 Å². The van der Waals surface area contributed by atoms with Crippen molar-refractivity contribution in [2.45, 2.75) is 19.9 Å². The number of rotatable bonds is 6. The third-order valence-corrected chi connectivity index (χ3v) is 2.46. The highest BCUT2D eigenvalue weighted by Crippen LogP contribution is 2.23.